The summed E-state index contributed by atoms with van der Waals surface area (Å²) in [5.74, 6) is -3.22. The van der Waals surface area contributed by atoms with Gasteiger partial charge in [0, 0.05) is 23.1 Å². The van der Waals surface area contributed by atoms with E-state index in [4.69, 9.17) is 5.11 Å². The second-order valence-electron chi connectivity index (χ2n) is 5.14. The van der Waals surface area contributed by atoms with Crippen LogP contribution in [0.4, 0.5) is 0 Å². The van der Waals surface area contributed by atoms with E-state index in [1.807, 2.05) is 12.1 Å². The molecule has 1 atom stereocenters. The van der Waals surface area contributed by atoms with Crippen molar-refractivity contribution in [2.45, 2.75) is 6.23 Å². The van der Waals surface area contributed by atoms with E-state index in [1.54, 1.807) is 24.3 Å². The van der Waals surface area contributed by atoms with Crippen LogP contribution in [0.15, 0.2) is 36.4 Å². The van der Waals surface area contributed by atoms with Crippen molar-refractivity contribution in [1.82, 2.24) is 5.32 Å². The number of rotatable bonds is 4. The van der Waals surface area contributed by atoms with Crippen molar-refractivity contribution in [3.8, 4) is 0 Å². The van der Waals surface area contributed by atoms with E-state index < -0.39 is 18.1 Å². The van der Waals surface area contributed by atoms with E-state index in [0.717, 1.165) is 5.39 Å². The largest absolute Gasteiger partial charge is 0.478 e. The van der Waals surface area contributed by atoms with Crippen molar-refractivity contribution in [1.29, 1.82) is 0 Å². The minimum Gasteiger partial charge on any atom is -0.478 e. The number of hydrogen-bond donors (Lipinski definition) is 3. The minimum atomic E-state index is -1.81. The first-order valence-corrected chi connectivity index (χ1v) is 6.75. The average molecular weight is 299 g/mol. The standard InChI is InChI=1S/C16H13NO5/c18-13-9-5-1-3-8-4-2-6-10(12(8)9)14(19)11(13)7-17-15(20)16(21)22/h1-6,11,15,17,20H,7H2,(H,21,22). The molecular weight excluding hydrogens is 286 g/mol. The van der Waals surface area contributed by atoms with E-state index in [2.05, 4.69) is 5.32 Å². The third-order valence-corrected chi connectivity index (χ3v) is 3.82. The van der Waals surface area contributed by atoms with Gasteiger partial charge in [0.15, 0.2) is 11.6 Å². The summed E-state index contributed by atoms with van der Waals surface area (Å²) in [5, 5.41) is 21.6. The highest BCUT2D eigenvalue weighted by Gasteiger charge is 2.35. The van der Waals surface area contributed by atoms with Gasteiger partial charge in [-0.3, -0.25) is 14.9 Å². The van der Waals surface area contributed by atoms with Crippen molar-refractivity contribution < 1.29 is 24.6 Å². The summed E-state index contributed by atoms with van der Waals surface area (Å²) in [6.45, 7) is -0.226. The molecule has 6 heteroatoms. The fourth-order valence-corrected chi connectivity index (χ4v) is 2.75. The molecule has 0 heterocycles. The number of aliphatic hydroxyl groups is 1. The van der Waals surface area contributed by atoms with Crippen LogP contribution in [0.5, 0.6) is 0 Å². The maximum absolute atomic E-state index is 12.5. The summed E-state index contributed by atoms with van der Waals surface area (Å²) < 4.78 is 0. The molecule has 22 heavy (non-hydrogen) atoms. The van der Waals surface area contributed by atoms with Crippen LogP contribution in [0.3, 0.4) is 0 Å². The maximum Gasteiger partial charge on any atom is 0.347 e. The Morgan fingerprint density at radius 1 is 1.09 bits per heavy atom. The predicted molar refractivity (Wildman–Crippen MR) is 77.7 cm³/mol. The van der Waals surface area contributed by atoms with Crippen LogP contribution < -0.4 is 5.32 Å². The number of ketones is 2. The number of Topliss-reactive ketones (excluding diaryl/α,β-unsaturated/α-hetero) is 2. The summed E-state index contributed by atoms with van der Waals surface area (Å²) in [6, 6.07) is 10.4. The molecule has 6 nitrogen and oxygen atoms in total. The van der Waals surface area contributed by atoms with Gasteiger partial charge in [0.25, 0.3) is 0 Å². The van der Waals surface area contributed by atoms with Gasteiger partial charge in [-0.25, -0.2) is 4.79 Å². The van der Waals surface area contributed by atoms with Gasteiger partial charge in [-0.1, -0.05) is 36.4 Å². The number of nitrogens with one attached hydrogen (secondary N) is 1. The Balaban J connectivity index is 1.99. The van der Waals surface area contributed by atoms with Gasteiger partial charge in [-0.2, -0.15) is 0 Å². The van der Waals surface area contributed by atoms with Gasteiger partial charge in [-0.05, 0) is 5.39 Å². The van der Waals surface area contributed by atoms with Gasteiger partial charge in [0.2, 0.25) is 6.23 Å². The van der Waals surface area contributed by atoms with Gasteiger partial charge >= 0.3 is 5.97 Å². The number of aliphatic carboxylic acids is 1. The second kappa shape index (κ2) is 5.32. The number of carbonyl (C=O) groups excluding carboxylic acids is 2. The molecule has 112 valence electrons. The smallest absolute Gasteiger partial charge is 0.347 e. The van der Waals surface area contributed by atoms with Crippen LogP contribution in [0.2, 0.25) is 0 Å². The number of hydrogen-bond acceptors (Lipinski definition) is 5. The molecule has 0 aromatic heterocycles. The fourth-order valence-electron chi connectivity index (χ4n) is 2.75. The lowest BCUT2D eigenvalue weighted by atomic mass is 9.80. The summed E-state index contributed by atoms with van der Waals surface area (Å²) in [6.07, 6.45) is -1.81. The van der Waals surface area contributed by atoms with Crippen molar-refractivity contribution in [3.05, 3.63) is 47.5 Å². The third-order valence-electron chi connectivity index (χ3n) is 3.82. The van der Waals surface area contributed by atoms with E-state index >= 15 is 0 Å². The SMILES string of the molecule is O=C(O)C(O)NCC1C(=O)c2cccc3cccc(c23)C1=O. The molecule has 0 aliphatic heterocycles. The molecule has 0 fully saturated rings. The Morgan fingerprint density at radius 2 is 1.64 bits per heavy atom. The quantitative estimate of drug-likeness (QED) is 0.570. The zero-order chi connectivity index (χ0) is 15.9. The molecule has 3 rings (SSSR count). The highest BCUT2D eigenvalue weighted by atomic mass is 16.4. The zero-order valence-corrected chi connectivity index (χ0v) is 11.4. The predicted octanol–water partition coefficient (Wildman–Crippen LogP) is 0.828. The molecule has 0 saturated heterocycles. The van der Waals surface area contributed by atoms with E-state index in [9.17, 15) is 19.5 Å². The lowest BCUT2D eigenvalue weighted by Crippen LogP contribution is -2.44. The van der Waals surface area contributed by atoms with Gasteiger partial charge in [-0.15, -0.1) is 0 Å². The molecule has 1 aliphatic rings. The first kappa shape index (κ1) is 14.4. The van der Waals surface area contributed by atoms with Crippen molar-refractivity contribution in [3.63, 3.8) is 0 Å². The molecule has 0 spiro atoms. The molecule has 0 radical (unpaired) electrons. The molecule has 1 unspecified atom stereocenters. The first-order chi connectivity index (χ1) is 10.5. The van der Waals surface area contributed by atoms with Crippen LogP contribution in [0.25, 0.3) is 10.8 Å². The van der Waals surface area contributed by atoms with Gasteiger partial charge in [0.1, 0.15) is 0 Å². The molecule has 0 bridgehead atoms. The Bertz CT molecular complexity index is 747. The Morgan fingerprint density at radius 3 is 2.14 bits per heavy atom. The molecule has 2 aromatic carbocycles. The summed E-state index contributed by atoms with van der Waals surface area (Å²) >= 11 is 0. The summed E-state index contributed by atoms with van der Waals surface area (Å²) in [7, 11) is 0. The van der Waals surface area contributed by atoms with E-state index in [-0.39, 0.29) is 18.1 Å². The topological polar surface area (TPSA) is 104 Å². The third kappa shape index (κ3) is 2.18. The Labute approximate surface area is 125 Å². The normalized spacial score (nSPS) is 16.0. The average Bonchev–Trinajstić information content (AvgIpc) is 2.52. The Hall–Kier alpha value is -2.57. The molecule has 1 aliphatic carbocycles. The van der Waals surface area contributed by atoms with Crippen LogP contribution in [-0.2, 0) is 4.79 Å². The van der Waals surface area contributed by atoms with Crippen LogP contribution >= 0.6 is 0 Å². The minimum absolute atomic E-state index is 0.226. The number of carbonyl (C=O) groups is 3. The number of benzene rings is 2. The lowest BCUT2D eigenvalue weighted by molar-refractivity contribution is -0.148. The number of carboxylic acids is 1. The lowest BCUT2D eigenvalue weighted by Gasteiger charge is -2.23. The fraction of sp³-hybridized carbons (Fsp3) is 0.188. The van der Waals surface area contributed by atoms with E-state index in [1.165, 1.54) is 0 Å². The van der Waals surface area contributed by atoms with Crippen LogP contribution in [-0.4, -0.2) is 40.5 Å². The van der Waals surface area contributed by atoms with Crippen molar-refractivity contribution >= 4 is 28.3 Å². The second-order valence-corrected chi connectivity index (χ2v) is 5.14. The molecule has 0 saturated carbocycles. The molecule has 2 aromatic rings. The number of aliphatic hydroxyl groups excluding tert-OH is 1. The molecule has 0 amide bonds. The van der Waals surface area contributed by atoms with Crippen LogP contribution in [0.1, 0.15) is 20.7 Å². The molecular formula is C16H13NO5. The number of carboxylic acid groups (broad SMARTS) is 1. The van der Waals surface area contributed by atoms with Gasteiger partial charge < -0.3 is 10.2 Å². The van der Waals surface area contributed by atoms with E-state index in [0.29, 0.717) is 16.5 Å². The monoisotopic (exact) mass is 299 g/mol. The maximum atomic E-state index is 12.5. The highest BCUT2D eigenvalue weighted by molar-refractivity contribution is 6.29. The highest BCUT2D eigenvalue weighted by Crippen LogP contribution is 2.32. The summed E-state index contributed by atoms with van der Waals surface area (Å²) in [4.78, 5) is 35.6. The Kier molecular flexibility index (Phi) is 3.48. The molecule has 3 N–H and O–H groups in total. The van der Waals surface area contributed by atoms with Crippen LogP contribution in [0, 0.1) is 5.92 Å². The van der Waals surface area contributed by atoms with Gasteiger partial charge in [0.05, 0.1) is 5.92 Å². The first-order valence-electron chi connectivity index (χ1n) is 6.75. The zero-order valence-electron chi connectivity index (χ0n) is 11.4. The van der Waals surface area contributed by atoms with Crippen molar-refractivity contribution in [2.24, 2.45) is 5.92 Å². The summed E-state index contributed by atoms with van der Waals surface area (Å²) in [5.41, 5.74) is 0.897. The van der Waals surface area contributed by atoms with Crippen molar-refractivity contribution in [2.75, 3.05) is 6.54 Å².